The van der Waals surface area contributed by atoms with Gasteiger partial charge in [0.05, 0.1) is 17.1 Å². The Morgan fingerprint density at radius 1 is 1.41 bits per heavy atom. The number of fused-ring (bicyclic) bond motifs is 1. The van der Waals surface area contributed by atoms with Crippen LogP contribution in [0.25, 0.3) is 0 Å². The second-order valence-corrected chi connectivity index (χ2v) is 7.89. The maximum atomic E-state index is 12.6. The number of carbonyl (C=O) groups is 3. The number of allylic oxidation sites excluding steroid dienone is 1. The third-order valence-corrected chi connectivity index (χ3v) is 6.68. The predicted octanol–water partition coefficient (Wildman–Crippen LogP) is 1.83. The van der Waals surface area contributed by atoms with Gasteiger partial charge in [-0.15, -0.1) is 0 Å². The molecule has 1 saturated carbocycles. The maximum absolute atomic E-state index is 12.6. The van der Waals surface area contributed by atoms with Crippen LogP contribution in [0.2, 0.25) is 0 Å². The van der Waals surface area contributed by atoms with E-state index in [1.807, 2.05) is 13.8 Å². The Morgan fingerprint density at radius 2 is 2.07 bits per heavy atom. The quantitative estimate of drug-likeness (QED) is 0.337. The summed E-state index contributed by atoms with van der Waals surface area (Å²) in [4.78, 5) is 37.1. The Morgan fingerprint density at radius 3 is 2.59 bits per heavy atom. The fraction of sp³-hybridized carbons (Fsp3) is 0.650. The smallest absolute Gasteiger partial charge is 0.340 e. The molecule has 3 aliphatic rings. The first kappa shape index (κ1) is 19.8. The van der Waals surface area contributed by atoms with Crippen LogP contribution in [0.3, 0.4) is 0 Å². The van der Waals surface area contributed by atoms with E-state index in [0.29, 0.717) is 5.57 Å². The summed E-state index contributed by atoms with van der Waals surface area (Å²) in [5.74, 6) is -1.40. The van der Waals surface area contributed by atoms with Gasteiger partial charge >= 0.3 is 11.9 Å². The monoisotopic (exact) mass is 378 g/mol. The van der Waals surface area contributed by atoms with Crippen molar-refractivity contribution < 1.29 is 33.7 Å². The molecule has 1 N–H and O–H groups in total. The summed E-state index contributed by atoms with van der Waals surface area (Å²) >= 11 is 0. The minimum atomic E-state index is -1.39. The zero-order valence-electron chi connectivity index (χ0n) is 16.3. The van der Waals surface area contributed by atoms with E-state index in [1.54, 1.807) is 26.8 Å². The van der Waals surface area contributed by atoms with Crippen LogP contribution in [-0.2, 0) is 28.6 Å². The molecule has 2 aliphatic heterocycles. The molecule has 0 bridgehead atoms. The zero-order chi connectivity index (χ0) is 20.1. The summed E-state index contributed by atoms with van der Waals surface area (Å²) in [6.45, 7) is 8.65. The van der Waals surface area contributed by atoms with E-state index in [9.17, 15) is 19.5 Å². The summed E-state index contributed by atoms with van der Waals surface area (Å²) < 4.78 is 16.5. The van der Waals surface area contributed by atoms with Crippen LogP contribution in [0.1, 0.15) is 47.5 Å². The molecule has 27 heavy (non-hydrogen) atoms. The lowest BCUT2D eigenvalue weighted by Crippen LogP contribution is -2.56. The molecule has 1 saturated heterocycles. The summed E-state index contributed by atoms with van der Waals surface area (Å²) in [6.07, 6.45) is 1.15. The lowest BCUT2D eigenvalue weighted by atomic mass is 9.57. The van der Waals surface area contributed by atoms with Crippen molar-refractivity contribution in [3.8, 4) is 0 Å². The molecule has 3 rings (SSSR count). The van der Waals surface area contributed by atoms with Crippen LogP contribution in [0.15, 0.2) is 22.8 Å². The predicted molar refractivity (Wildman–Crippen MR) is 94.3 cm³/mol. The SMILES string of the molecule is CC=C(C)C(=O)OC(C1=C(C)C(O)OC1=O)C1(C)C(C)CCC2OC21C=O. The van der Waals surface area contributed by atoms with E-state index in [1.165, 1.54) is 0 Å². The Balaban J connectivity index is 2.13. The highest BCUT2D eigenvalue weighted by molar-refractivity contribution is 5.95. The van der Waals surface area contributed by atoms with Crippen molar-refractivity contribution in [2.45, 2.75) is 71.6 Å². The second kappa shape index (κ2) is 6.56. The Bertz CT molecular complexity index is 751. The number of aliphatic hydroxyl groups is 1. The van der Waals surface area contributed by atoms with Crippen LogP contribution < -0.4 is 0 Å². The molecule has 7 nitrogen and oxygen atoms in total. The summed E-state index contributed by atoms with van der Waals surface area (Å²) in [6, 6.07) is 0. The fourth-order valence-electron chi connectivity index (χ4n) is 4.39. The maximum Gasteiger partial charge on any atom is 0.340 e. The molecular formula is C20H26O7. The molecule has 7 heteroatoms. The van der Waals surface area contributed by atoms with E-state index in [2.05, 4.69) is 0 Å². The zero-order valence-corrected chi connectivity index (χ0v) is 16.3. The van der Waals surface area contributed by atoms with Crippen molar-refractivity contribution in [3.63, 3.8) is 0 Å². The van der Waals surface area contributed by atoms with Crippen LogP contribution in [0.5, 0.6) is 0 Å². The first-order chi connectivity index (χ1) is 12.6. The molecule has 6 atom stereocenters. The van der Waals surface area contributed by atoms with Gasteiger partial charge < -0.3 is 19.3 Å². The van der Waals surface area contributed by atoms with Crippen LogP contribution in [-0.4, -0.2) is 47.4 Å². The molecule has 2 heterocycles. The van der Waals surface area contributed by atoms with E-state index < -0.39 is 35.3 Å². The van der Waals surface area contributed by atoms with Crippen molar-refractivity contribution in [1.82, 2.24) is 0 Å². The average molecular weight is 378 g/mol. The van der Waals surface area contributed by atoms with Gasteiger partial charge in [0.1, 0.15) is 6.10 Å². The molecule has 0 spiro atoms. The lowest BCUT2D eigenvalue weighted by molar-refractivity contribution is -0.162. The third kappa shape index (κ3) is 2.67. The number of epoxide rings is 1. The molecule has 0 amide bonds. The van der Waals surface area contributed by atoms with Gasteiger partial charge in [0.25, 0.3) is 0 Å². The molecule has 2 fully saturated rings. The van der Waals surface area contributed by atoms with E-state index in [4.69, 9.17) is 14.2 Å². The lowest BCUT2D eigenvalue weighted by Gasteiger charge is -2.46. The normalized spacial score (nSPS) is 39.6. The van der Waals surface area contributed by atoms with Gasteiger partial charge in [-0.3, -0.25) is 4.79 Å². The van der Waals surface area contributed by atoms with Crippen LogP contribution in [0.4, 0.5) is 0 Å². The first-order valence-electron chi connectivity index (χ1n) is 9.21. The summed E-state index contributed by atoms with van der Waals surface area (Å²) in [5, 5.41) is 9.97. The number of esters is 2. The topological polar surface area (TPSA) is 102 Å². The van der Waals surface area contributed by atoms with E-state index in [-0.39, 0.29) is 23.2 Å². The molecule has 0 aromatic heterocycles. The average Bonchev–Trinajstić information content (AvgIpc) is 3.33. The van der Waals surface area contributed by atoms with Crippen molar-refractivity contribution in [2.75, 3.05) is 0 Å². The molecule has 148 valence electrons. The van der Waals surface area contributed by atoms with Crippen molar-refractivity contribution >= 4 is 18.2 Å². The highest BCUT2D eigenvalue weighted by Gasteiger charge is 2.75. The van der Waals surface area contributed by atoms with Crippen molar-refractivity contribution in [1.29, 1.82) is 0 Å². The Labute approximate surface area is 158 Å². The molecule has 0 aromatic rings. The minimum absolute atomic E-state index is 0.0731. The van der Waals surface area contributed by atoms with E-state index in [0.717, 1.165) is 19.1 Å². The van der Waals surface area contributed by atoms with Crippen molar-refractivity contribution in [3.05, 3.63) is 22.8 Å². The number of rotatable bonds is 5. The summed E-state index contributed by atoms with van der Waals surface area (Å²) in [7, 11) is 0. The number of hydrogen-bond donors (Lipinski definition) is 1. The summed E-state index contributed by atoms with van der Waals surface area (Å²) in [5.41, 5.74) is -1.34. The second-order valence-electron chi connectivity index (χ2n) is 7.89. The Kier molecular flexibility index (Phi) is 4.80. The standard InChI is InChI=1S/C20H26O7/c1-6-10(2)16(22)25-15(14-12(4)17(23)26-18(14)24)19(5)11(3)7-8-13-20(19,9-21)27-13/h6,9,11,13,15,17,23H,7-8H2,1-5H3. The first-order valence-corrected chi connectivity index (χ1v) is 9.21. The van der Waals surface area contributed by atoms with Gasteiger partial charge in [0.2, 0.25) is 6.29 Å². The molecular weight excluding hydrogens is 352 g/mol. The third-order valence-electron chi connectivity index (χ3n) is 6.68. The van der Waals surface area contributed by atoms with E-state index >= 15 is 0 Å². The minimum Gasteiger partial charge on any atom is -0.453 e. The Hall–Kier alpha value is -1.99. The van der Waals surface area contributed by atoms with Gasteiger partial charge in [0.15, 0.2) is 11.9 Å². The van der Waals surface area contributed by atoms with Crippen LogP contribution in [0, 0.1) is 11.3 Å². The van der Waals surface area contributed by atoms with Gasteiger partial charge in [-0.05, 0) is 39.5 Å². The number of aliphatic hydroxyl groups excluding tert-OH is 1. The van der Waals surface area contributed by atoms with Crippen molar-refractivity contribution in [2.24, 2.45) is 11.3 Å². The fourth-order valence-corrected chi connectivity index (χ4v) is 4.39. The van der Waals surface area contributed by atoms with Gasteiger partial charge in [-0.2, -0.15) is 0 Å². The molecule has 0 radical (unpaired) electrons. The number of cyclic esters (lactones) is 1. The molecule has 0 aromatic carbocycles. The van der Waals surface area contributed by atoms with Crippen LogP contribution >= 0.6 is 0 Å². The highest BCUT2D eigenvalue weighted by Crippen LogP contribution is 2.63. The van der Waals surface area contributed by atoms with Gasteiger partial charge in [0, 0.05) is 11.1 Å². The number of ether oxygens (including phenoxy) is 3. The largest absolute Gasteiger partial charge is 0.453 e. The number of hydrogen-bond acceptors (Lipinski definition) is 7. The number of carbonyl (C=O) groups excluding carboxylic acids is 3. The van der Waals surface area contributed by atoms with Gasteiger partial charge in [-0.25, -0.2) is 9.59 Å². The highest BCUT2D eigenvalue weighted by atomic mass is 16.6. The molecule has 6 unspecified atom stereocenters. The molecule has 1 aliphatic carbocycles. The number of aldehydes is 1. The van der Waals surface area contributed by atoms with Gasteiger partial charge in [-0.1, -0.05) is 19.9 Å².